The van der Waals surface area contributed by atoms with Crippen LogP contribution >= 0.6 is 0 Å². The molecular weight excluding hydrogens is 313 g/mol. The molecule has 0 saturated carbocycles. The van der Waals surface area contributed by atoms with E-state index >= 15 is 0 Å². The molecule has 0 N–H and O–H groups in total. The van der Waals surface area contributed by atoms with Crippen LogP contribution in [-0.4, -0.2) is 14.2 Å². The minimum Gasteiger partial charge on any atom is -0.493 e. The number of ether oxygens (including phenoxy) is 2. The van der Waals surface area contributed by atoms with Gasteiger partial charge in [0.1, 0.15) is 11.9 Å². The minimum atomic E-state index is -0.627. The summed E-state index contributed by atoms with van der Waals surface area (Å²) in [6.07, 6.45) is 0. The highest BCUT2D eigenvalue weighted by Gasteiger charge is 2.14. The van der Waals surface area contributed by atoms with Crippen molar-refractivity contribution in [1.82, 2.24) is 0 Å². The Balaban J connectivity index is 2.26. The van der Waals surface area contributed by atoms with Crippen molar-refractivity contribution in [2.24, 2.45) is 0 Å². The summed E-state index contributed by atoms with van der Waals surface area (Å²) in [5, 5.41) is 9.38. The summed E-state index contributed by atoms with van der Waals surface area (Å²) >= 11 is 0. The van der Waals surface area contributed by atoms with E-state index in [1.165, 1.54) is 26.4 Å². The lowest BCUT2D eigenvalue weighted by Gasteiger charge is -2.09. The number of methoxy groups -OCH3 is 2. The van der Waals surface area contributed by atoms with Crippen LogP contribution in [-0.2, 0) is 0 Å². The van der Waals surface area contributed by atoms with Gasteiger partial charge in [0.2, 0.25) is 0 Å². The number of fused-ring (bicyclic) bond motifs is 1. The zero-order valence-electron chi connectivity index (χ0n) is 12.9. The Kier molecular flexibility index (Phi) is 3.92. The Morgan fingerprint density at radius 1 is 1.08 bits per heavy atom. The van der Waals surface area contributed by atoms with Crippen molar-refractivity contribution in [3.63, 3.8) is 0 Å². The fourth-order valence-electron chi connectivity index (χ4n) is 2.49. The molecular formula is C18H12FNO4. The second kappa shape index (κ2) is 6.05. The highest BCUT2D eigenvalue weighted by atomic mass is 19.1. The molecule has 5 nitrogen and oxygen atoms in total. The molecule has 1 heterocycles. The maximum Gasteiger partial charge on any atom is 0.344 e. The molecule has 0 atom stereocenters. The molecule has 0 saturated heterocycles. The van der Waals surface area contributed by atoms with Crippen molar-refractivity contribution < 1.29 is 18.3 Å². The van der Waals surface area contributed by atoms with Crippen molar-refractivity contribution in [3.8, 4) is 28.7 Å². The molecule has 120 valence electrons. The Bertz CT molecular complexity index is 1030. The van der Waals surface area contributed by atoms with E-state index in [2.05, 4.69) is 0 Å². The van der Waals surface area contributed by atoms with E-state index < -0.39 is 11.4 Å². The van der Waals surface area contributed by atoms with Crippen LogP contribution in [0.15, 0.2) is 45.6 Å². The van der Waals surface area contributed by atoms with E-state index in [9.17, 15) is 9.18 Å². The average Bonchev–Trinajstić information content (AvgIpc) is 2.60. The molecule has 0 unspecified atom stereocenters. The van der Waals surface area contributed by atoms with Crippen LogP contribution in [0.4, 0.5) is 4.39 Å². The number of nitrogens with zero attached hydrogens (tertiary/aromatic N) is 1. The molecule has 0 aliphatic rings. The van der Waals surface area contributed by atoms with Crippen LogP contribution in [0.1, 0.15) is 5.56 Å². The van der Waals surface area contributed by atoms with Crippen LogP contribution in [0.3, 0.4) is 0 Å². The largest absolute Gasteiger partial charge is 0.493 e. The third-order valence-corrected chi connectivity index (χ3v) is 3.61. The smallest absolute Gasteiger partial charge is 0.344 e. The number of nitriles is 1. The molecule has 0 aliphatic carbocycles. The van der Waals surface area contributed by atoms with Gasteiger partial charge < -0.3 is 13.9 Å². The zero-order chi connectivity index (χ0) is 17.3. The van der Waals surface area contributed by atoms with Gasteiger partial charge in [-0.05, 0) is 35.9 Å². The Morgan fingerprint density at radius 2 is 1.83 bits per heavy atom. The first kappa shape index (κ1) is 15.6. The molecule has 24 heavy (non-hydrogen) atoms. The van der Waals surface area contributed by atoms with Crippen LogP contribution in [0.2, 0.25) is 0 Å². The van der Waals surface area contributed by atoms with Gasteiger partial charge in [-0.15, -0.1) is 0 Å². The summed E-state index contributed by atoms with van der Waals surface area (Å²) in [5.41, 5.74) is 0.177. The molecule has 6 heteroatoms. The van der Waals surface area contributed by atoms with Gasteiger partial charge >= 0.3 is 5.63 Å². The maximum absolute atomic E-state index is 13.6. The lowest BCUT2D eigenvalue weighted by Crippen LogP contribution is -2.04. The van der Waals surface area contributed by atoms with Gasteiger partial charge in [0.05, 0.1) is 25.3 Å². The predicted molar refractivity (Wildman–Crippen MR) is 85.7 cm³/mol. The van der Waals surface area contributed by atoms with Crippen LogP contribution in [0, 0.1) is 17.1 Å². The monoisotopic (exact) mass is 325 g/mol. The number of hydrogen-bond donors (Lipinski definition) is 0. The quantitative estimate of drug-likeness (QED) is 0.689. The van der Waals surface area contributed by atoms with E-state index in [1.54, 1.807) is 18.2 Å². The average molecular weight is 325 g/mol. The van der Waals surface area contributed by atoms with Crippen LogP contribution < -0.4 is 15.1 Å². The van der Waals surface area contributed by atoms with Crippen molar-refractivity contribution in [2.75, 3.05) is 14.2 Å². The molecule has 2 aromatic carbocycles. The third-order valence-electron chi connectivity index (χ3n) is 3.61. The van der Waals surface area contributed by atoms with E-state index in [-0.39, 0.29) is 16.7 Å². The van der Waals surface area contributed by atoms with E-state index in [4.69, 9.17) is 19.2 Å². The summed E-state index contributed by atoms with van der Waals surface area (Å²) in [5.74, 6) is 0.391. The summed E-state index contributed by atoms with van der Waals surface area (Å²) in [4.78, 5) is 12.3. The fourth-order valence-corrected chi connectivity index (χ4v) is 2.49. The van der Waals surface area contributed by atoms with Crippen LogP contribution in [0.5, 0.6) is 11.5 Å². The molecule has 0 fully saturated rings. The fraction of sp³-hybridized carbons (Fsp3) is 0.111. The predicted octanol–water partition coefficient (Wildman–Crippen LogP) is 3.49. The van der Waals surface area contributed by atoms with Gasteiger partial charge in [-0.1, -0.05) is 6.07 Å². The molecule has 3 aromatic rings. The van der Waals surface area contributed by atoms with Gasteiger partial charge in [-0.2, -0.15) is 5.26 Å². The lowest BCUT2D eigenvalue weighted by atomic mass is 10.0. The molecule has 0 spiro atoms. The first-order chi connectivity index (χ1) is 11.6. The second-order valence-electron chi connectivity index (χ2n) is 5.00. The first-order valence-electron chi connectivity index (χ1n) is 6.97. The minimum absolute atomic E-state index is 0.0269. The summed E-state index contributed by atoms with van der Waals surface area (Å²) < 4.78 is 29.2. The first-order valence-corrected chi connectivity index (χ1v) is 6.97. The van der Waals surface area contributed by atoms with Gasteiger partial charge in [0, 0.05) is 5.39 Å². The number of rotatable bonds is 3. The standard InChI is InChI=1S/C18H12FNO4/c1-22-15-4-3-10(8-16(15)23-2)14-7-11-5-13(19)6-12(9-20)17(11)24-18(14)21/h3-8H,1-2H3. The van der Waals surface area contributed by atoms with E-state index in [1.807, 2.05) is 6.07 Å². The van der Waals surface area contributed by atoms with Crippen molar-refractivity contribution in [2.45, 2.75) is 0 Å². The molecule has 0 amide bonds. The zero-order valence-corrected chi connectivity index (χ0v) is 12.9. The SMILES string of the molecule is COc1ccc(-c2cc3cc(F)cc(C#N)c3oc2=O)cc1OC. The highest BCUT2D eigenvalue weighted by molar-refractivity contribution is 5.86. The van der Waals surface area contributed by atoms with Gasteiger partial charge in [0.15, 0.2) is 17.1 Å². The van der Waals surface area contributed by atoms with Crippen LogP contribution in [0.25, 0.3) is 22.1 Å². The number of hydrogen-bond acceptors (Lipinski definition) is 5. The lowest BCUT2D eigenvalue weighted by molar-refractivity contribution is 0.355. The number of halogens is 1. The third kappa shape index (κ3) is 2.57. The maximum atomic E-state index is 13.6. The Hall–Kier alpha value is -3.33. The van der Waals surface area contributed by atoms with Crippen molar-refractivity contribution in [1.29, 1.82) is 5.26 Å². The van der Waals surface area contributed by atoms with Gasteiger partial charge in [0.25, 0.3) is 0 Å². The highest BCUT2D eigenvalue weighted by Crippen LogP contribution is 2.32. The molecule has 0 aliphatic heterocycles. The summed E-state index contributed by atoms with van der Waals surface area (Å²) in [6, 6.07) is 10.5. The summed E-state index contributed by atoms with van der Waals surface area (Å²) in [7, 11) is 2.99. The van der Waals surface area contributed by atoms with Crippen molar-refractivity contribution >= 4 is 11.0 Å². The van der Waals surface area contributed by atoms with Gasteiger partial charge in [-0.25, -0.2) is 9.18 Å². The number of benzene rings is 2. The molecule has 1 aromatic heterocycles. The normalized spacial score (nSPS) is 10.4. The van der Waals surface area contributed by atoms with E-state index in [0.29, 0.717) is 22.4 Å². The second-order valence-corrected chi connectivity index (χ2v) is 5.00. The molecule has 3 rings (SSSR count). The topological polar surface area (TPSA) is 72.5 Å². The Labute approximate surface area is 136 Å². The molecule has 0 radical (unpaired) electrons. The van der Waals surface area contributed by atoms with Crippen molar-refractivity contribution in [3.05, 3.63) is 58.2 Å². The Morgan fingerprint density at radius 3 is 2.50 bits per heavy atom. The van der Waals surface area contributed by atoms with E-state index in [0.717, 1.165) is 6.07 Å². The van der Waals surface area contributed by atoms with Gasteiger partial charge in [-0.3, -0.25) is 0 Å². The molecule has 0 bridgehead atoms. The summed E-state index contributed by atoms with van der Waals surface area (Å²) in [6.45, 7) is 0.